The van der Waals surface area contributed by atoms with Crippen LogP contribution in [0.3, 0.4) is 0 Å². The van der Waals surface area contributed by atoms with Gasteiger partial charge in [0, 0.05) is 29.1 Å². The number of rotatable bonds is 6. The van der Waals surface area contributed by atoms with Gasteiger partial charge in [0.25, 0.3) is 0 Å². The van der Waals surface area contributed by atoms with E-state index in [2.05, 4.69) is 21.7 Å². The average Bonchev–Trinajstić information content (AvgIpc) is 3.04. The number of aromatic nitrogens is 3. The molecule has 0 saturated carbocycles. The van der Waals surface area contributed by atoms with Gasteiger partial charge >= 0.3 is 5.97 Å². The van der Waals surface area contributed by atoms with Crippen LogP contribution in [0.2, 0.25) is 0 Å². The number of aryl methyl sites for hydroxylation is 1. The number of carboxylic acids is 1. The van der Waals surface area contributed by atoms with Crippen molar-refractivity contribution >= 4 is 5.97 Å². The van der Waals surface area contributed by atoms with Gasteiger partial charge in [0.05, 0.1) is 6.42 Å². The van der Waals surface area contributed by atoms with E-state index >= 15 is 0 Å². The first-order valence-corrected chi connectivity index (χ1v) is 7.46. The molecule has 0 amide bonds. The van der Waals surface area contributed by atoms with Crippen molar-refractivity contribution in [1.29, 1.82) is 0 Å². The minimum absolute atomic E-state index is 0.00488. The van der Waals surface area contributed by atoms with Crippen molar-refractivity contribution in [1.82, 2.24) is 15.1 Å². The molecule has 0 aliphatic rings. The number of benzene rings is 1. The molecule has 1 N–H and O–H groups in total. The van der Waals surface area contributed by atoms with Crippen LogP contribution in [0.1, 0.15) is 11.6 Å². The lowest BCUT2D eigenvalue weighted by molar-refractivity contribution is -0.132. The van der Waals surface area contributed by atoms with Crippen molar-refractivity contribution in [3.8, 4) is 22.9 Å². The normalized spacial score (nSPS) is 10.4. The molecular formula is C18H15N3O4. The van der Waals surface area contributed by atoms with Crippen molar-refractivity contribution < 1.29 is 19.2 Å². The van der Waals surface area contributed by atoms with Crippen molar-refractivity contribution in [3.05, 3.63) is 66.3 Å². The number of pyridine rings is 1. The van der Waals surface area contributed by atoms with Crippen LogP contribution in [0, 0.1) is 6.92 Å². The van der Waals surface area contributed by atoms with Crippen LogP contribution < -0.4 is 4.74 Å². The van der Waals surface area contributed by atoms with Crippen LogP contribution in [0.5, 0.6) is 11.5 Å². The second-order valence-corrected chi connectivity index (χ2v) is 5.36. The fraction of sp³-hybridized carbons (Fsp3) is 0.111. The Balaban J connectivity index is 1.71. The summed E-state index contributed by atoms with van der Waals surface area (Å²) in [5.74, 6) is 0.855. The molecule has 25 heavy (non-hydrogen) atoms. The van der Waals surface area contributed by atoms with E-state index in [-0.39, 0.29) is 17.9 Å². The smallest absolute Gasteiger partial charge is 0.331 e. The molecule has 3 aromatic rings. The Morgan fingerprint density at radius 2 is 2.00 bits per heavy atom. The largest absolute Gasteiger partial charge is 0.478 e. The molecule has 0 aliphatic carbocycles. The Morgan fingerprint density at radius 3 is 2.68 bits per heavy atom. The van der Waals surface area contributed by atoms with Crippen LogP contribution in [0.25, 0.3) is 11.4 Å². The van der Waals surface area contributed by atoms with E-state index in [1.807, 2.05) is 13.0 Å². The Labute approximate surface area is 143 Å². The number of nitrogens with zero attached hydrogens (tertiary/aromatic N) is 3. The molecule has 3 rings (SSSR count). The summed E-state index contributed by atoms with van der Waals surface area (Å²) in [7, 11) is 0. The first-order chi connectivity index (χ1) is 12.0. The van der Waals surface area contributed by atoms with E-state index in [0.717, 1.165) is 11.3 Å². The van der Waals surface area contributed by atoms with E-state index in [1.54, 1.807) is 36.5 Å². The zero-order valence-electron chi connectivity index (χ0n) is 13.5. The standard InChI is InChI=1S/C18H15N3O4/c1-11(18(22)23)9-16-20-17(21-25-16)13-3-5-14(6-4-13)24-15-7-8-19-12(2)10-15/h3-8,10H,1,9H2,2H3,(H,22,23). The summed E-state index contributed by atoms with van der Waals surface area (Å²) in [6, 6.07) is 10.8. The van der Waals surface area contributed by atoms with Gasteiger partial charge in [-0.05, 0) is 37.3 Å². The van der Waals surface area contributed by atoms with Gasteiger partial charge in [-0.3, -0.25) is 4.98 Å². The summed E-state index contributed by atoms with van der Waals surface area (Å²) in [5, 5.41) is 12.7. The maximum absolute atomic E-state index is 10.8. The van der Waals surface area contributed by atoms with Gasteiger partial charge < -0.3 is 14.4 Å². The highest BCUT2D eigenvalue weighted by atomic mass is 16.5. The summed E-state index contributed by atoms with van der Waals surface area (Å²) in [4.78, 5) is 19.1. The molecular weight excluding hydrogens is 322 g/mol. The molecule has 0 aliphatic heterocycles. The molecule has 0 spiro atoms. The molecule has 7 heteroatoms. The summed E-state index contributed by atoms with van der Waals surface area (Å²) in [6.07, 6.45) is 1.69. The van der Waals surface area contributed by atoms with Gasteiger partial charge in [-0.2, -0.15) is 4.98 Å². The number of hydrogen-bond acceptors (Lipinski definition) is 6. The first kappa shape index (κ1) is 16.4. The van der Waals surface area contributed by atoms with Crippen molar-refractivity contribution in [2.45, 2.75) is 13.3 Å². The molecule has 1 aromatic carbocycles. The zero-order chi connectivity index (χ0) is 17.8. The summed E-state index contributed by atoms with van der Waals surface area (Å²) in [6.45, 7) is 5.33. The van der Waals surface area contributed by atoms with E-state index in [0.29, 0.717) is 17.3 Å². The summed E-state index contributed by atoms with van der Waals surface area (Å²) < 4.78 is 10.8. The molecule has 7 nitrogen and oxygen atoms in total. The van der Waals surface area contributed by atoms with Gasteiger partial charge in [-0.15, -0.1) is 0 Å². The second-order valence-electron chi connectivity index (χ2n) is 5.36. The quantitative estimate of drug-likeness (QED) is 0.688. The number of hydrogen-bond donors (Lipinski definition) is 1. The third-order valence-corrected chi connectivity index (χ3v) is 3.35. The molecule has 0 radical (unpaired) electrons. The third-order valence-electron chi connectivity index (χ3n) is 3.35. The molecule has 0 atom stereocenters. The molecule has 2 heterocycles. The van der Waals surface area contributed by atoms with Crippen molar-refractivity contribution in [2.75, 3.05) is 0 Å². The van der Waals surface area contributed by atoms with E-state index in [9.17, 15) is 4.79 Å². The Bertz CT molecular complexity index is 916. The fourth-order valence-electron chi connectivity index (χ4n) is 2.09. The Kier molecular flexibility index (Phi) is 4.56. The van der Waals surface area contributed by atoms with Crippen molar-refractivity contribution in [3.63, 3.8) is 0 Å². The number of carboxylic acid groups (broad SMARTS) is 1. The lowest BCUT2D eigenvalue weighted by atomic mass is 10.2. The predicted molar refractivity (Wildman–Crippen MR) is 89.3 cm³/mol. The lowest BCUT2D eigenvalue weighted by Gasteiger charge is -2.06. The summed E-state index contributed by atoms with van der Waals surface area (Å²) in [5.41, 5.74) is 1.59. The molecule has 126 valence electrons. The maximum Gasteiger partial charge on any atom is 0.331 e. The SMILES string of the molecule is C=C(Cc1nc(-c2ccc(Oc3ccnc(C)c3)cc2)no1)C(=O)O. The van der Waals surface area contributed by atoms with Gasteiger partial charge in [0.1, 0.15) is 11.5 Å². The van der Waals surface area contributed by atoms with Crippen LogP contribution in [0.15, 0.2) is 59.3 Å². The highest BCUT2D eigenvalue weighted by Gasteiger charge is 2.13. The number of aliphatic carboxylic acids is 1. The van der Waals surface area contributed by atoms with Crippen molar-refractivity contribution in [2.24, 2.45) is 0 Å². The molecule has 0 unspecified atom stereocenters. The first-order valence-electron chi connectivity index (χ1n) is 7.46. The van der Waals surface area contributed by atoms with E-state index < -0.39 is 5.97 Å². The third kappa shape index (κ3) is 4.08. The maximum atomic E-state index is 10.8. The predicted octanol–water partition coefficient (Wildman–Crippen LogP) is 3.42. The lowest BCUT2D eigenvalue weighted by Crippen LogP contribution is -2.02. The van der Waals surface area contributed by atoms with Gasteiger partial charge in [0.15, 0.2) is 0 Å². The van der Waals surface area contributed by atoms with Gasteiger partial charge in [-0.1, -0.05) is 11.7 Å². The molecule has 0 fully saturated rings. The van der Waals surface area contributed by atoms with E-state index in [4.69, 9.17) is 14.4 Å². The van der Waals surface area contributed by atoms with Gasteiger partial charge in [-0.25, -0.2) is 4.79 Å². The minimum Gasteiger partial charge on any atom is -0.478 e. The minimum atomic E-state index is -1.09. The topological polar surface area (TPSA) is 98.3 Å². The molecule has 2 aromatic heterocycles. The Morgan fingerprint density at radius 1 is 1.24 bits per heavy atom. The van der Waals surface area contributed by atoms with Gasteiger partial charge in [0.2, 0.25) is 11.7 Å². The Hall–Kier alpha value is -3.48. The number of carbonyl (C=O) groups is 1. The zero-order valence-corrected chi connectivity index (χ0v) is 13.5. The monoisotopic (exact) mass is 337 g/mol. The van der Waals surface area contributed by atoms with Crippen LogP contribution in [-0.4, -0.2) is 26.2 Å². The molecule has 0 saturated heterocycles. The average molecular weight is 337 g/mol. The highest BCUT2D eigenvalue weighted by molar-refractivity contribution is 5.86. The van der Waals surface area contributed by atoms with E-state index in [1.165, 1.54) is 0 Å². The molecule has 0 bridgehead atoms. The fourth-order valence-corrected chi connectivity index (χ4v) is 2.09. The highest BCUT2D eigenvalue weighted by Crippen LogP contribution is 2.25. The van der Waals surface area contributed by atoms with Crippen LogP contribution in [-0.2, 0) is 11.2 Å². The second kappa shape index (κ2) is 6.96. The number of ether oxygens (including phenoxy) is 1. The van der Waals surface area contributed by atoms with Crippen LogP contribution in [0.4, 0.5) is 0 Å². The summed E-state index contributed by atoms with van der Waals surface area (Å²) >= 11 is 0. The van der Waals surface area contributed by atoms with Crippen LogP contribution >= 0.6 is 0 Å².